The number of ether oxygens (including phenoxy) is 1. The predicted molar refractivity (Wildman–Crippen MR) is 136 cm³/mol. The van der Waals surface area contributed by atoms with Crippen LogP contribution >= 0.6 is 0 Å². The molecule has 3 aromatic carbocycles. The molecule has 5 aromatic rings. The monoisotopic (exact) mass is 462 g/mol. The van der Waals surface area contributed by atoms with Gasteiger partial charge in [-0.1, -0.05) is 36.4 Å². The summed E-state index contributed by atoms with van der Waals surface area (Å²) in [4.78, 5) is 19.1. The molecule has 0 bridgehead atoms. The van der Waals surface area contributed by atoms with Gasteiger partial charge in [0.1, 0.15) is 5.75 Å². The summed E-state index contributed by atoms with van der Waals surface area (Å²) in [6.07, 6.45) is 5.43. The van der Waals surface area contributed by atoms with Gasteiger partial charge < -0.3 is 14.6 Å². The van der Waals surface area contributed by atoms with E-state index in [1.807, 2.05) is 82.5 Å². The number of hydrogen-bond donors (Lipinski definition) is 1. The highest BCUT2D eigenvalue weighted by Gasteiger charge is 2.21. The van der Waals surface area contributed by atoms with Gasteiger partial charge in [-0.2, -0.15) is 5.10 Å². The number of amides is 1. The van der Waals surface area contributed by atoms with Gasteiger partial charge in [0.25, 0.3) is 5.91 Å². The first-order chi connectivity index (χ1) is 17.3. The summed E-state index contributed by atoms with van der Waals surface area (Å²) in [6, 6.07) is 26.1. The summed E-state index contributed by atoms with van der Waals surface area (Å²) in [5.41, 5.74) is 6.05. The van der Waals surface area contributed by atoms with E-state index in [1.54, 1.807) is 6.20 Å². The van der Waals surface area contributed by atoms with Crippen LogP contribution in [0, 0.1) is 0 Å². The van der Waals surface area contributed by atoms with Crippen LogP contribution in [0.4, 0.5) is 0 Å². The fourth-order valence-corrected chi connectivity index (χ4v) is 4.80. The van der Waals surface area contributed by atoms with Crippen molar-refractivity contribution in [3.63, 3.8) is 0 Å². The molecule has 1 aliphatic heterocycles. The molecule has 1 N–H and O–H groups in total. The highest BCUT2D eigenvalue weighted by molar-refractivity contribution is 5.94. The molecule has 0 fully saturated rings. The Morgan fingerprint density at radius 2 is 1.89 bits per heavy atom. The Hall–Kier alpha value is -4.32. The Balaban J connectivity index is 1.31. The van der Waals surface area contributed by atoms with E-state index in [1.165, 1.54) is 10.9 Å². The van der Waals surface area contributed by atoms with Gasteiger partial charge in [0.2, 0.25) is 0 Å². The van der Waals surface area contributed by atoms with Crippen LogP contribution in [0.25, 0.3) is 16.6 Å². The third-order valence-electron chi connectivity index (χ3n) is 6.62. The van der Waals surface area contributed by atoms with E-state index in [-0.39, 0.29) is 5.91 Å². The lowest BCUT2D eigenvalue weighted by Gasteiger charge is -2.23. The van der Waals surface area contributed by atoms with E-state index in [4.69, 9.17) is 4.74 Å². The Bertz CT molecular complexity index is 1490. The van der Waals surface area contributed by atoms with Crippen molar-refractivity contribution in [1.29, 1.82) is 0 Å². The number of fused-ring (bicyclic) bond motifs is 2. The van der Waals surface area contributed by atoms with Gasteiger partial charge in [-0.15, -0.1) is 0 Å². The average Bonchev–Trinajstić information content (AvgIpc) is 3.66. The molecule has 0 saturated heterocycles. The van der Waals surface area contributed by atoms with Crippen LogP contribution in [-0.2, 0) is 19.4 Å². The van der Waals surface area contributed by atoms with Gasteiger partial charge in [0, 0.05) is 41.8 Å². The number of hydrogen-bond acceptors (Lipinski definition) is 3. The number of rotatable bonds is 7. The Morgan fingerprint density at radius 1 is 1.03 bits per heavy atom. The first-order valence-electron chi connectivity index (χ1n) is 11.9. The van der Waals surface area contributed by atoms with Crippen LogP contribution in [0.1, 0.15) is 27.2 Å². The third-order valence-corrected chi connectivity index (χ3v) is 6.62. The molecule has 6 heteroatoms. The zero-order chi connectivity index (χ0) is 23.6. The van der Waals surface area contributed by atoms with E-state index in [0.29, 0.717) is 25.3 Å². The molecule has 1 amide bonds. The van der Waals surface area contributed by atoms with Gasteiger partial charge in [-0.05, 0) is 60.0 Å². The molecule has 0 atom stereocenters. The molecular weight excluding hydrogens is 436 g/mol. The maximum absolute atomic E-state index is 13.8. The minimum atomic E-state index is 0.0142. The highest BCUT2D eigenvalue weighted by atomic mass is 16.5. The second kappa shape index (κ2) is 9.14. The first kappa shape index (κ1) is 21.2. The molecule has 35 heavy (non-hydrogen) atoms. The topological polar surface area (TPSA) is 63.1 Å². The zero-order valence-electron chi connectivity index (χ0n) is 19.4. The molecule has 2 aromatic heterocycles. The lowest BCUT2D eigenvalue weighted by atomic mass is 10.1. The maximum atomic E-state index is 13.8. The van der Waals surface area contributed by atoms with Crippen molar-refractivity contribution < 1.29 is 9.53 Å². The first-order valence-corrected chi connectivity index (χ1v) is 11.9. The second-order valence-corrected chi connectivity index (χ2v) is 8.83. The minimum Gasteiger partial charge on any atom is -0.493 e. The fraction of sp³-hybridized carbons (Fsp3) is 0.172. The molecule has 3 heterocycles. The van der Waals surface area contributed by atoms with Crippen molar-refractivity contribution in [2.75, 3.05) is 13.2 Å². The summed E-state index contributed by atoms with van der Waals surface area (Å²) in [5, 5.41) is 5.72. The molecule has 0 unspecified atom stereocenters. The summed E-state index contributed by atoms with van der Waals surface area (Å²) >= 11 is 0. The Kier molecular flexibility index (Phi) is 5.54. The van der Waals surface area contributed by atoms with Crippen molar-refractivity contribution >= 4 is 16.8 Å². The normalized spacial score (nSPS) is 12.5. The average molecular weight is 463 g/mol. The smallest absolute Gasteiger partial charge is 0.254 e. The highest BCUT2D eigenvalue weighted by Crippen LogP contribution is 2.27. The molecule has 0 saturated carbocycles. The second-order valence-electron chi connectivity index (χ2n) is 8.83. The van der Waals surface area contributed by atoms with Crippen LogP contribution in [0.5, 0.6) is 5.75 Å². The fourth-order valence-electron chi connectivity index (χ4n) is 4.80. The largest absolute Gasteiger partial charge is 0.493 e. The van der Waals surface area contributed by atoms with Gasteiger partial charge >= 0.3 is 0 Å². The van der Waals surface area contributed by atoms with Gasteiger partial charge in [-0.3, -0.25) is 4.79 Å². The number of nitrogens with zero attached hydrogens (tertiary/aromatic N) is 3. The number of aromatic amines is 1. The maximum Gasteiger partial charge on any atom is 0.254 e. The van der Waals surface area contributed by atoms with Gasteiger partial charge in [0.15, 0.2) is 0 Å². The van der Waals surface area contributed by atoms with Gasteiger partial charge in [0.05, 0.1) is 24.5 Å². The van der Waals surface area contributed by atoms with Crippen molar-refractivity contribution in [3.8, 4) is 11.4 Å². The van der Waals surface area contributed by atoms with Gasteiger partial charge in [-0.25, -0.2) is 4.68 Å². The number of carbonyl (C=O) groups is 1. The summed E-state index contributed by atoms with van der Waals surface area (Å²) in [5.74, 6) is 0.898. The van der Waals surface area contributed by atoms with Crippen molar-refractivity contribution in [3.05, 3.63) is 114 Å². The SMILES string of the molecule is O=C(c1ccc2c(c1)CCO2)N(CCc1c[nH]c2ccccc12)Cc1ccnn1-c1ccccc1. The minimum absolute atomic E-state index is 0.0142. The van der Waals surface area contributed by atoms with E-state index < -0.39 is 0 Å². The summed E-state index contributed by atoms with van der Waals surface area (Å²) in [7, 11) is 0. The number of nitrogens with one attached hydrogen (secondary N) is 1. The molecule has 174 valence electrons. The quantitative estimate of drug-likeness (QED) is 0.363. The van der Waals surface area contributed by atoms with Crippen molar-refractivity contribution in [2.45, 2.75) is 19.4 Å². The third kappa shape index (κ3) is 4.19. The molecular formula is C29H26N4O2. The van der Waals surface area contributed by atoms with E-state index in [0.717, 1.165) is 41.1 Å². The van der Waals surface area contributed by atoms with Crippen molar-refractivity contribution in [1.82, 2.24) is 19.7 Å². The number of benzene rings is 3. The number of carbonyl (C=O) groups excluding carboxylic acids is 1. The predicted octanol–water partition coefficient (Wildman–Crippen LogP) is 5.17. The van der Waals surface area contributed by atoms with Crippen LogP contribution in [0.3, 0.4) is 0 Å². The summed E-state index contributed by atoms with van der Waals surface area (Å²) in [6.45, 7) is 1.73. The Labute approximate surface area is 203 Å². The zero-order valence-corrected chi connectivity index (χ0v) is 19.4. The van der Waals surface area contributed by atoms with E-state index in [9.17, 15) is 4.79 Å². The molecule has 0 aliphatic carbocycles. The van der Waals surface area contributed by atoms with Crippen LogP contribution in [-0.4, -0.2) is 38.7 Å². The standard InChI is InChI=1S/C29H26N4O2/c34-29(22-10-11-28-21(18-22)14-17-35-28)32(16-13-23-19-30-27-9-5-4-8-26(23)27)20-25-12-15-31-33(25)24-6-2-1-3-7-24/h1-12,15,18-19,30H,13-14,16-17,20H2. The van der Waals surface area contributed by atoms with Crippen LogP contribution < -0.4 is 4.74 Å². The number of aromatic nitrogens is 3. The molecule has 6 nitrogen and oxygen atoms in total. The molecule has 1 aliphatic rings. The number of para-hydroxylation sites is 2. The molecule has 0 radical (unpaired) electrons. The molecule has 6 rings (SSSR count). The van der Waals surface area contributed by atoms with Crippen LogP contribution in [0.2, 0.25) is 0 Å². The number of H-pyrrole nitrogens is 1. The summed E-state index contributed by atoms with van der Waals surface area (Å²) < 4.78 is 7.55. The Morgan fingerprint density at radius 3 is 2.80 bits per heavy atom. The lowest BCUT2D eigenvalue weighted by Crippen LogP contribution is -2.33. The van der Waals surface area contributed by atoms with E-state index >= 15 is 0 Å². The van der Waals surface area contributed by atoms with Crippen molar-refractivity contribution in [2.24, 2.45) is 0 Å². The van der Waals surface area contributed by atoms with Crippen LogP contribution in [0.15, 0.2) is 91.3 Å². The van der Waals surface area contributed by atoms with E-state index in [2.05, 4.69) is 22.2 Å². The lowest BCUT2D eigenvalue weighted by molar-refractivity contribution is 0.0742. The molecule has 0 spiro atoms.